The molecule has 0 aliphatic heterocycles. The van der Waals surface area contributed by atoms with E-state index in [2.05, 4.69) is 12.3 Å². The largest absolute Gasteiger partial charge is 0.673 e. The van der Waals surface area contributed by atoms with Gasteiger partial charge in [-0.15, -0.1) is 0 Å². The lowest BCUT2D eigenvalue weighted by Crippen LogP contribution is -2.48. The summed E-state index contributed by atoms with van der Waals surface area (Å²) in [6.07, 6.45) is 1.76. The molecule has 0 aliphatic rings. The van der Waals surface area contributed by atoms with Crippen molar-refractivity contribution in [1.29, 1.82) is 0 Å². The Bertz CT molecular complexity index is 109. The van der Waals surface area contributed by atoms with Gasteiger partial charge in [0.1, 0.15) is 0 Å². The van der Waals surface area contributed by atoms with Crippen molar-refractivity contribution in [2.45, 2.75) is 0 Å². The van der Waals surface area contributed by atoms with E-state index in [-0.39, 0.29) is 6.15 Å². The second kappa shape index (κ2) is 11.3. The fraction of sp³-hybridized carbons (Fsp3) is 0.333. The van der Waals surface area contributed by atoms with Crippen molar-refractivity contribution in [2.24, 2.45) is 0 Å². The van der Waals surface area contributed by atoms with Gasteiger partial charge in [-0.3, -0.25) is 0 Å². The van der Waals surface area contributed by atoms with Crippen LogP contribution in [0.3, 0.4) is 0 Å². The van der Waals surface area contributed by atoms with Crippen LogP contribution in [0.15, 0.2) is 12.7 Å². The molecule has 12 heteroatoms. The lowest BCUT2D eigenvalue weighted by atomic mass is 10.3. The quantitative estimate of drug-likeness (QED) is 0.407. The molecule has 0 rings (SSSR count). The van der Waals surface area contributed by atoms with Gasteiger partial charge in [0, 0.05) is 0 Å². The van der Waals surface area contributed by atoms with Gasteiger partial charge in [-0.05, 0) is 6.08 Å². The zero-order chi connectivity index (χ0) is 12.4. The number of hydrogen-bond acceptors (Lipinski definition) is 0. The van der Waals surface area contributed by atoms with Crippen LogP contribution in [-0.2, 0) is 0 Å². The van der Waals surface area contributed by atoms with Crippen LogP contribution in [0.25, 0.3) is 0 Å². The van der Waals surface area contributed by atoms with Gasteiger partial charge in [-0.1, -0.05) is 6.58 Å². The first-order valence-corrected chi connectivity index (χ1v) is 3.06. The predicted molar refractivity (Wildman–Crippen MR) is 44.3 cm³/mol. The first kappa shape index (κ1) is 23.8. The summed E-state index contributed by atoms with van der Waals surface area (Å²) in [5.74, 6) is 0. The van der Waals surface area contributed by atoms with E-state index < -0.39 is 14.5 Å². The molecule has 7 N–H and O–H groups in total. The second-order valence-electron chi connectivity index (χ2n) is 1.57. The molecule has 0 aliphatic carbocycles. The highest BCUT2D eigenvalue weighted by atomic mass is 19.5. The monoisotopic (exact) mass is 250 g/mol. The number of hydrogen-bond donors (Lipinski definition) is 2. The van der Waals surface area contributed by atoms with E-state index in [1.54, 1.807) is 6.08 Å². The molecule has 0 aromatic carbocycles. The van der Waals surface area contributed by atoms with Gasteiger partial charge in [-0.25, -0.2) is 0 Å². The first-order valence-electron chi connectivity index (χ1n) is 3.06. The molecule has 0 radical (unpaired) electrons. The summed E-state index contributed by atoms with van der Waals surface area (Å²) in [7, 11) is -12.0. The molecule has 2 nitrogen and oxygen atoms in total. The lowest BCUT2D eigenvalue weighted by Gasteiger charge is -1.94. The van der Waals surface area contributed by atoms with E-state index in [0.29, 0.717) is 0 Å². The Morgan fingerprint density at radius 1 is 0.867 bits per heavy atom. The van der Waals surface area contributed by atoms with Crippen molar-refractivity contribution >= 4 is 14.5 Å². The second-order valence-corrected chi connectivity index (χ2v) is 1.57. The molecule has 0 spiro atoms. The molecule has 0 fully saturated rings. The Morgan fingerprint density at radius 2 is 0.933 bits per heavy atom. The molecule has 0 aromatic rings. The minimum absolute atomic E-state index is 0. The summed E-state index contributed by atoms with van der Waals surface area (Å²) in [5, 5.41) is 0. The van der Waals surface area contributed by atoms with Gasteiger partial charge in [-0.2, -0.15) is 0 Å². The molecule has 15 heavy (non-hydrogen) atoms. The fourth-order valence-electron chi connectivity index (χ4n) is 0. The zero-order valence-electron chi connectivity index (χ0n) is 7.88. The van der Waals surface area contributed by atoms with E-state index in [1.165, 1.54) is 0 Å². The van der Waals surface area contributed by atoms with Crippen LogP contribution >= 0.6 is 0 Å². The van der Waals surface area contributed by atoms with E-state index in [4.69, 9.17) is 0 Å². The molecule has 0 saturated carbocycles. The average Bonchev–Trinajstić information content (AvgIpc) is 1.79. The average molecular weight is 250 g/mol. The first-order chi connectivity index (χ1) is 5.91. The summed E-state index contributed by atoms with van der Waals surface area (Å²) in [4.78, 5) is 0. The van der Waals surface area contributed by atoms with Crippen LogP contribution < -0.4 is 11.9 Å². The van der Waals surface area contributed by atoms with Gasteiger partial charge < -0.3 is 46.4 Å². The Kier molecular flexibility index (Phi) is 17.9. The van der Waals surface area contributed by atoms with Crippen LogP contribution in [0.2, 0.25) is 0 Å². The maximum Gasteiger partial charge on any atom is 0.673 e. The van der Waals surface area contributed by atoms with Gasteiger partial charge in [0.15, 0.2) is 0 Å². The standard InChI is InChI=1S/C3H7N.2BF4.H3N/c1-2-3-4;2*2-1(3,4)5;/h2H,1,3-4H2;;;1H3/q;2*-1;/p+2. The van der Waals surface area contributed by atoms with Crippen LogP contribution in [0, 0.1) is 0 Å². The van der Waals surface area contributed by atoms with Crippen molar-refractivity contribution in [1.82, 2.24) is 6.15 Å². The highest BCUT2D eigenvalue weighted by Crippen LogP contribution is 2.07. The van der Waals surface area contributed by atoms with Crippen LogP contribution in [0.4, 0.5) is 34.5 Å². The predicted octanol–water partition coefficient (Wildman–Crippen LogP) is 2.39. The molecule has 0 atom stereocenters. The molecule has 0 heterocycles. The minimum atomic E-state index is -6.00. The Labute approximate surface area is 81.3 Å². The van der Waals surface area contributed by atoms with Crippen molar-refractivity contribution in [3.63, 3.8) is 0 Å². The molecule has 0 amide bonds. The van der Waals surface area contributed by atoms with Gasteiger partial charge in [0.05, 0.1) is 6.54 Å². The van der Waals surface area contributed by atoms with Crippen LogP contribution in [0.1, 0.15) is 0 Å². The Hall–Kier alpha value is -0.770. The minimum Gasteiger partial charge on any atom is -0.418 e. The summed E-state index contributed by atoms with van der Waals surface area (Å²) in [6.45, 7) is 4.25. The van der Waals surface area contributed by atoms with Crippen molar-refractivity contribution in [3.8, 4) is 0 Å². The smallest absolute Gasteiger partial charge is 0.418 e. The molecule has 0 aromatic heterocycles. The van der Waals surface area contributed by atoms with E-state index >= 15 is 0 Å². The highest BCUT2D eigenvalue weighted by Gasteiger charge is 2.21. The van der Waals surface area contributed by atoms with E-state index in [1.807, 2.05) is 0 Å². The number of quaternary nitrogens is 2. The maximum atomic E-state index is 9.75. The summed E-state index contributed by atoms with van der Waals surface area (Å²) < 4.78 is 78.0. The normalized spacial score (nSPS) is 9.67. The molecule has 0 bridgehead atoms. The van der Waals surface area contributed by atoms with Gasteiger partial charge in [0.25, 0.3) is 0 Å². The molecule has 0 unspecified atom stereocenters. The number of halogens is 8. The van der Waals surface area contributed by atoms with Gasteiger partial charge in [0.2, 0.25) is 0 Å². The summed E-state index contributed by atoms with van der Waals surface area (Å²) in [6, 6.07) is 0. The lowest BCUT2D eigenvalue weighted by molar-refractivity contribution is -0.352. The van der Waals surface area contributed by atoms with Gasteiger partial charge >= 0.3 is 14.5 Å². The SMILES string of the molecule is C=CC[NH3+].F[B-](F)(F)F.F[B-](F)(F)F.[NH4+]. The van der Waals surface area contributed by atoms with Crippen LogP contribution in [0.5, 0.6) is 0 Å². The van der Waals surface area contributed by atoms with Crippen LogP contribution in [-0.4, -0.2) is 21.1 Å². The summed E-state index contributed by atoms with van der Waals surface area (Å²) in [5.41, 5.74) is 3.49. The summed E-state index contributed by atoms with van der Waals surface area (Å²) >= 11 is 0. The third kappa shape index (κ3) is 31600. The Morgan fingerprint density at radius 3 is 0.933 bits per heavy atom. The fourth-order valence-corrected chi connectivity index (χ4v) is 0. The van der Waals surface area contributed by atoms with E-state index in [9.17, 15) is 34.5 Å². The van der Waals surface area contributed by atoms with Crippen molar-refractivity contribution in [3.05, 3.63) is 12.7 Å². The van der Waals surface area contributed by atoms with E-state index in [0.717, 1.165) is 6.54 Å². The Balaban J connectivity index is -0.0000000590. The molecule has 96 valence electrons. The molecular weight excluding hydrogens is 238 g/mol. The third-order valence-corrected chi connectivity index (χ3v) is 0.204. The molecule has 0 saturated heterocycles. The highest BCUT2D eigenvalue weighted by molar-refractivity contribution is 6.50. The number of rotatable bonds is 1. The van der Waals surface area contributed by atoms with Crippen molar-refractivity contribution < 1.29 is 40.3 Å². The zero-order valence-corrected chi connectivity index (χ0v) is 7.88. The topological polar surface area (TPSA) is 64.1 Å². The molecular formula is C3H12B2F8N2. The third-order valence-electron chi connectivity index (χ3n) is 0.204. The van der Waals surface area contributed by atoms with Crippen molar-refractivity contribution in [2.75, 3.05) is 6.54 Å². The maximum absolute atomic E-state index is 9.75.